The van der Waals surface area contributed by atoms with Crippen LogP contribution < -0.4 is 26.6 Å². The molecule has 3 atom stereocenters. The summed E-state index contributed by atoms with van der Waals surface area (Å²) in [5.74, 6) is -3.63. The number of nitrogens with zero attached hydrogens (tertiary/aromatic N) is 1. The number of phenols is 1. The summed E-state index contributed by atoms with van der Waals surface area (Å²) in [7, 11) is 3.78. The molecule has 0 aliphatic rings. The van der Waals surface area contributed by atoms with E-state index in [1.54, 1.807) is 42.5 Å². The van der Waals surface area contributed by atoms with Crippen LogP contribution in [0.25, 0.3) is 0 Å². The summed E-state index contributed by atoms with van der Waals surface area (Å²) in [5.41, 5.74) is 1.41. The van der Waals surface area contributed by atoms with Crippen LogP contribution in [0.15, 0.2) is 54.6 Å². The van der Waals surface area contributed by atoms with Crippen LogP contribution >= 0.6 is 11.8 Å². The lowest BCUT2D eigenvalue weighted by Gasteiger charge is -2.22. The van der Waals surface area contributed by atoms with Gasteiger partial charge >= 0.3 is 5.97 Å². The van der Waals surface area contributed by atoms with Crippen LogP contribution in [0.1, 0.15) is 30.4 Å². The van der Waals surface area contributed by atoms with E-state index in [1.807, 2.05) is 25.3 Å². The molecule has 2 aromatic carbocycles. The first-order valence-corrected chi connectivity index (χ1v) is 16.9. The van der Waals surface area contributed by atoms with Gasteiger partial charge in [0.15, 0.2) is 0 Å². The van der Waals surface area contributed by atoms with Gasteiger partial charge in [0.1, 0.15) is 23.9 Å². The zero-order valence-electron chi connectivity index (χ0n) is 27.5. The number of carboxylic acid groups (broad SMARTS) is 1. The van der Waals surface area contributed by atoms with E-state index in [0.29, 0.717) is 24.3 Å². The molecule has 0 heterocycles. The van der Waals surface area contributed by atoms with Crippen molar-refractivity contribution in [1.29, 1.82) is 0 Å². The molecule has 0 radical (unpaired) electrons. The summed E-state index contributed by atoms with van der Waals surface area (Å²) in [6.07, 6.45) is 3.00. The van der Waals surface area contributed by atoms with Crippen molar-refractivity contribution in [3.63, 3.8) is 0 Å². The maximum absolute atomic E-state index is 13.1. The minimum absolute atomic E-state index is 0.0517. The third kappa shape index (κ3) is 15.8. The lowest BCUT2D eigenvalue weighted by Crippen LogP contribution is -2.54. The monoisotopic (exact) mass is 686 g/mol. The van der Waals surface area contributed by atoms with Crippen molar-refractivity contribution < 1.29 is 39.0 Å². The van der Waals surface area contributed by atoms with Crippen LogP contribution in [0.3, 0.4) is 0 Å². The molecule has 15 heteroatoms. The Morgan fingerprint density at radius 2 is 1.31 bits per heavy atom. The van der Waals surface area contributed by atoms with Crippen molar-refractivity contribution in [3.05, 3.63) is 65.7 Å². The SMILES string of the molecule is CSCC[C@H](NC(=O)[C@H](Cc1ccccc1)NC(=O)CNC(=O)CNC(=O)[C@H](Cc1ccc(O)cc1)NC(=O)CCCN(C)C)C(=O)O. The normalized spacial score (nSPS) is 12.7. The predicted molar refractivity (Wildman–Crippen MR) is 182 cm³/mol. The molecule has 0 aliphatic carbocycles. The maximum Gasteiger partial charge on any atom is 0.326 e. The standard InChI is InChI=1S/C33H46N6O8S/c1-39(2)16-7-10-28(41)36-26(19-23-11-13-24(40)14-12-23)31(44)35-20-29(42)34-21-30(43)37-27(18-22-8-5-4-6-9-22)32(45)38-25(33(46)47)15-17-48-3/h4-6,8-9,11-14,25-27,40H,7,10,15-21H2,1-3H3,(H,34,42)(H,35,44)(H,36,41)(H,37,43)(H,38,45)(H,46,47)/t25-,26-,27-/m0/s1. The van der Waals surface area contributed by atoms with E-state index < -0.39 is 60.8 Å². The first kappa shape index (κ1) is 39.5. The van der Waals surface area contributed by atoms with Crippen molar-refractivity contribution in [2.24, 2.45) is 0 Å². The molecular formula is C33H46N6O8S. The highest BCUT2D eigenvalue weighted by atomic mass is 32.2. The zero-order valence-corrected chi connectivity index (χ0v) is 28.3. The van der Waals surface area contributed by atoms with Crippen molar-refractivity contribution in [2.45, 2.75) is 50.2 Å². The second-order valence-corrected chi connectivity index (χ2v) is 12.4. The fourth-order valence-corrected chi connectivity index (χ4v) is 4.97. The number of nitrogens with one attached hydrogen (secondary N) is 5. The number of benzene rings is 2. The Kier molecular flexibility index (Phi) is 17.5. The molecule has 2 rings (SSSR count). The smallest absolute Gasteiger partial charge is 0.326 e. The van der Waals surface area contributed by atoms with Gasteiger partial charge in [-0.25, -0.2) is 4.79 Å². The molecule has 48 heavy (non-hydrogen) atoms. The minimum Gasteiger partial charge on any atom is -0.508 e. The van der Waals surface area contributed by atoms with E-state index in [0.717, 1.165) is 5.56 Å². The van der Waals surface area contributed by atoms with Crippen LogP contribution in [0, 0.1) is 0 Å². The average molecular weight is 687 g/mol. The highest BCUT2D eigenvalue weighted by Crippen LogP contribution is 2.12. The van der Waals surface area contributed by atoms with Gasteiger partial charge in [0, 0.05) is 19.3 Å². The van der Waals surface area contributed by atoms with Crippen molar-refractivity contribution >= 4 is 47.3 Å². The second kappa shape index (κ2) is 21.3. The Hall–Kier alpha value is -4.63. The Morgan fingerprint density at radius 1 is 0.729 bits per heavy atom. The Balaban J connectivity index is 1.97. The third-order valence-corrected chi connectivity index (χ3v) is 7.71. The minimum atomic E-state index is -1.19. The van der Waals surface area contributed by atoms with Crippen LogP contribution in [0.4, 0.5) is 0 Å². The topological polar surface area (TPSA) is 206 Å². The lowest BCUT2D eigenvalue weighted by molar-refractivity contribution is -0.142. The van der Waals surface area contributed by atoms with E-state index in [4.69, 9.17) is 0 Å². The summed E-state index contributed by atoms with van der Waals surface area (Å²) in [6, 6.07) is 11.8. The van der Waals surface area contributed by atoms with Crippen molar-refractivity contribution in [3.8, 4) is 5.75 Å². The molecule has 262 valence electrons. The summed E-state index contributed by atoms with van der Waals surface area (Å²) in [6.45, 7) is -0.311. The van der Waals surface area contributed by atoms with Crippen LogP contribution in [0.2, 0.25) is 0 Å². The first-order valence-electron chi connectivity index (χ1n) is 15.5. The van der Waals surface area contributed by atoms with Gasteiger partial charge in [-0.05, 0) is 68.8 Å². The molecule has 0 bridgehead atoms. The average Bonchev–Trinajstić information content (AvgIpc) is 3.05. The molecule has 0 fully saturated rings. The lowest BCUT2D eigenvalue weighted by atomic mass is 10.0. The molecular weight excluding hydrogens is 640 g/mol. The molecule has 2 aromatic rings. The van der Waals surface area contributed by atoms with Crippen LogP contribution in [-0.4, -0.2) is 114 Å². The number of thioether (sulfide) groups is 1. The highest BCUT2D eigenvalue weighted by Gasteiger charge is 2.27. The number of rotatable bonds is 21. The number of carboxylic acids is 1. The van der Waals surface area contributed by atoms with E-state index >= 15 is 0 Å². The largest absolute Gasteiger partial charge is 0.508 e. The molecule has 7 N–H and O–H groups in total. The second-order valence-electron chi connectivity index (χ2n) is 11.4. The number of phenolic OH excluding ortho intramolecular Hbond substituents is 1. The number of hydrogen-bond donors (Lipinski definition) is 7. The molecule has 0 aliphatic heterocycles. The molecule has 0 saturated heterocycles. The fraction of sp³-hybridized carbons (Fsp3) is 0.455. The summed E-state index contributed by atoms with van der Waals surface area (Å²) in [5, 5.41) is 31.7. The van der Waals surface area contributed by atoms with Crippen molar-refractivity contribution in [2.75, 3.05) is 45.7 Å². The van der Waals surface area contributed by atoms with Gasteiger partial charge in [0.05, 0.1) is 13.1 Å². The molecule has 0 unspecified atom stereocenters. The number of amides is 5. The van der Waals surface area contributed by atoms with E-state index in [2.05, 4.69) is 26.6 Å². The molecule has 0 aromatic heterocycles. The quantitative estimate of drug-likeness (QED) is 0.0939. The van der Waals surface area contributed by atoms with E-state index in [1.165, 1.54) is 23.9 Å². The highest BCUT2D eigenvalue weighted by molar-refractivity contribution is 7.98. The summed E-state index contributed by atoms with van der Waals surface area (Å²) >= 11 is 1.44. The third-order valence-electron chi connectivity index (χ3n) is 7.07. The zero-order chi connectivity index (χ0) is 35.5. The van der Waals surface area contributed by atoms with Gasteiger partial charge in [0.2, 0.25) is 29.5 Å². The molecule has 0 spiro atoms. The first-order chi connectivity index (χ1) is 22.9. The van der Waals surface area contributed by atoms with Gasteiger partial charge in [-0.15, -0.1) is 0 Å². The Labute approximate surface area is 284 Å². The predicted octanol–water partition coefficient (Wildman–Crippen LogP) is 0.0437. The molecule has 5 amide bonds. The molecule has 14 nitrogen and oxygen atoms in total. The number of aliphatic carboxylic acids is 1. The number of carbonyl (C=O) groups excluding carboxylic acids is 5. The van der Waals surface area contributed by atoms with Crippen molar-refractivity contribution in [1.82, 2.24) is 31.5 Å². The van der Waals surface area contributed by atoms with E-state index in [-0.39, 0.29) is 37.3 Å². The van der Waals surface area contributed by atoms with Crippen LogP contribution in [-0.2, 0) is 41.6 Å². The summed E-state index contributed by atoms with van der Waals surface area (Å²) < 4.78 is 0. The number of carbonyl (C=O) groups is 6. The maximum atomic E-state index is 13.1. The number of aromatic hydroxyl groups is 1. The Bertz CT molecular complexity index is 1360. The fourth-order valence-electron chi connectivity index (χ4n) is 4.50. The van der Waals surface area contributed by atoms with E-state index in [9.17, 15) is 39.0 Å². The van der Waals surface area contributed by atoms with Gasteiger partial charge in [-0.3, -0.25) is 24.0 Å². The van der Waals surface area contributed by atoms with Gasteiger partial charge < -0.3 is 41.7 Å². The molecule has 0 saturated carbocycles. The van der Waals surface area contributed by atoms with Gasteiger partial charge in [-0.1, -0.05) is 42.5 Å². The van der Waals surface area contributed by atoms with Crippen LogP contribution in [0.5, 0.6) is 5.75 Å². The summed E-state index contributed by atoms with van der Waals surface area (Å²) in [4.78, 5) is 77.6. The van der Waals surface area contributed by atoms with Gasteiger partial charge in [0.25, 0.3) is 0 Å². The number of hydrogen-bond acceptors (Lipinski definition) is 9. The Morgan fingerprint density at radius 3 is 1.92 bits per heavy atom. The van der Waals surface area contributed by atoms with Gasteiger partial charge in [-0.2, -0.15) is 11.8 Å².